The van der Waals surface area contributed by atoms with Crippen molar-refractivity contribution in [3.63, 3.8) is 0 Å². The van der Waals surface area contributed by atoms with Crippen molar-refractivity contribution < 1.29 is 18.7 Å². The molecule has 0 saturated heterocycles. The molecule has 1 N–H and O–H groups in total. The van der Waals surface area contributed by atoms with Gasteiger partial charge in [0, 0.05) is 13.0 Å². The van der Waals surface area contributed by atoms with Crippen LogP contribution in [0.4, 0.5) is 0 Å². The Bertz CT molecular complexity index is 501. The summed E-state index contributed by atoms with van der Waals surface area (Å²) in [5, 5.41) is 2.94. The lowest BCUT2D eigenvalue weighted by molar-refractivity contribution is -0.146. The first-order valence-electron chi connectivity index (χ1n) is 6.84. The predicted octanol–water partition coefficient (Wildman–Crippen LogP) is 1.75. The van der Waals surface area contributed by atoms with Gasteiger partial charge in [-0.2, -0.15) is 0 Å². The molecule has 0 radical (unpaired) electrons. The zero-order chi connectivity index (χ0) is 14.7. The number of carbonyl (C=O) groups excluding carboxylic acids is 2. The van der Waals surface area contributed by atoms with Crippen LogP contribution < -0.4 is 5.32 Å². The molecule has 6 heteroatoms. The lowest BCUT2D eigenvalue weighted by atomic mass is 9.86. The molecule has 1 aliphatic carbocycles. The largest absolute Gasteiger partial charge is 0.469 e. The Morgan fingerprint density at radius 1 is 1.25 bits per heavy atom. The fraction of sp³-hybridized carbons (Fsp3) is 0.643. The molecular formula is C14H20N2O4. The van der Waals surface area contributed by atoms with Gasteiger partial charge in [-0.05, 0) is 32.6 Å². The molecule has 1 amide bonds. The van der Waals surface area contributed by atoms with Gasteiger partial charge in [-0.3, -0.25) is 9.59 Å². The van der Waals surface area contributed by atoms with Crippen molar-refractivity contribution in [3.05, 3.63) is 17.3 Å². The van der Waals surface area contributed by atoms with Crippen LogP contribution in [0.1, 0.15) is 47.8 Å². The number of carbonyl (C=O) groups is 2. The minimum absolute atomic E-state index is 0.0394. The van der Waals surface area contributed by atoms with Crippen LogP contribution in [0.25, 0.3) is 0 Å². The van der Waals surface area contributed by atoms with Gasteiger partial charge >= 0.3 is 5.97 Å². The van der Waals surface area contributed by atoms with Crippen molar-refractivity contribution in [1.29, 1.82) is 0 Å². The SMILES string of the molecule is COC(=O)C1CCC(NC(=O)c2oc(C)nc2C)CC1. The van der Waals surface area contributed by atoms with E-state index < -0.39 is 0 Å². The standard InChI is InChI=1S/C14H20N2O4/c1-8-12(20-9(2)15-8)13(17)16-11-6-4-10(5-7-11)14(18)19-3/h10-11H,4-7H2,1-3H3,(H,16,17). The van der Waals surface area contributed by atoms with Crippen molar-refractivity contribution in [2.24, 2.45) is 5.92 Å². The van der Waals surface area contributed by atoms with Gasteiger partial charge in [-0.25, -0.2) is 4.98 Å². The van der Waals surface area contributed by atoms with Gasteiger partial charge in [0.25, 0.3) is 5.91 Å². The smallest absolute Gasteiger partial charge is 0.308 e. The molecule has 1 saturated carbocycles. The number of nitrogens with zero attached hydrogens (tertiary/aromatic N) is 1. The molecule has 0 atom stereocenters. The highest BCUT2D eigenvalue weighted by atomic mass is 16.5. The van der Waals surface area contributed by atoms with Gasteiger partial charge in [0.2, 0.25) is 5.76 Å². The number of hydrogen-bond donors (Lipinski definition) is 1. The van der Waals surface area contributed by atoms with E-state index in [2.05, 4.69) is 10.3 Å². The van der Waals surface area contributed by atoms with Gasteiger partial charge in [-0.15, -0.1) is 0 Å². The van der Waals surface area contributed by atoms with E-state index in [1.165, 1.54) is 7.11 Å². The molecular weight excluding hydrogens is 260 g/mol. The van der Waals surface area contributed by atoms with Gasteiger partial charge in [0.1, 0.15) is 0 Å². The monoisotopic (exact) mass is 280 g/mol. The van der Waals surface area contributed by atoms with Crippen LogP contribution in [0.3, 0.4) is 0 Å². The van der Waals surface area contributed by atoms with Gasteiger partial charge < -0.3 is 14.5 Å². The van der Waals surface area contributed by atoms with Crippen LogP contribution in [-0.2, 0) is 9.53 Å². The first-order chi connectivity index (χ1) is 9.51. The van der Waals surface area contributed by atoms with E-state index in [0.29, 0.717) is 11.6 Å². The predicted molar refractivity (Wildman–Crippen MR) is 71.2 cm³/mol. The second-order valence-corrected chi connectivity index (χ2v) is 5.19. The van der Waals surface area contributed by atoms with Crippen LogP contribution in [0.15, 0.2) is 4.42 Å². The first kappa shape index (κ1) is 14.6. The summed E-state index contributed by atoms with van der Waals surface area (Å²) < 4.78 is 10.0. The number of rotatable bonds is 3. The van der Waals surface area contributed by atoms with Gasteiger partial charge in [0.05, 0.1) is 18.7 Å². The second-order valence-electron chi connectivity index (χ2n) is 5.19. The number of esters is 1. The van der Waals surface area contributed by atoms with Gasteiger partial charge in [0.15, 0.2) is 5.89 Å². The molecule has 2 rings (SSSR count). The highest BCUT2D eigenvalue weighted by Gasteiger charge is 2.28. The lowest BCUT2D eigenvalue weighted by Crippen LogP contribution is -2.39. The summed E-state index contributed by atoms with van der Waals surface area (Å²) in [7, 11) is 1.41. The van der Waals surface area contributed by atoms with Crippen LogP contribution in [0, 0.1) is 19.8 Å². The summed E-state index contributed by atoms with van der Waals surface area (Å²) in [6.45, 7) is 3.46. The third-order valence-electron chi connectivity index (χ3n) is 3.71. The zero-order valence-electron chi connectivity index (χ0n) is 12.1. The highest BCUT2D eigenvalue weighted by Crippen LogP contribution is 2.25. The Kier molecular flexibility index (Phi) is 4.42. The molecule has 1 heterocycles. The number of methoxy groups -OCH3 is 1. The van der Waals surface area contributed by atoms with Crippen LogP contribution in [0.2, 0.25) is 0 Å². The summed E-state index contributed by atoms with van der Waals surface area (Å²) in [6.07, 6.45) is 3.04. The Balaban J connectivity index is 1.88. The third-order valence-corrected chi connectivity index (χ3v) is 3.71. The average molecular weight is 280 g/mol. The van der Waals surface area contributed by atoms with Crippen molar-refractivity contribution >= 4 is 11.9 Å². The molecule has 0 aliphatic heterocycles. The lowest BCUT2D eigenvalue weighted by Gasteiger charge is -2.27. The van der Waals surface area contributed by atoms with Crippen LogP contribution >= 0.6 is 0 Å². The topological polar surface area (TPSA) is 81.4 Å². The molecule has 0 bridgehead atoms. The quantitative estimate of drug-likeness (QED) is 0.853. The highest BCUT2D eigenvalue weighted by molar-refractivity contribution is 5.92. The minimum Gasteiger partial charge on any atom is -0.469 e. The van der Waals surface area contributed by atoms with Crippen molar-refractivity contribution in [2.45, 2.75) is 45.6 Å². The molecule has 0 unspecified atom stereocenters. The summed E-state index contributed by atoms with van der Waals surface area (Å²) in [6, 6.07) is 0.0770. The maximum atomic E-state index is 12.1. The van der Waals surface area contributed by atoms with E-state index in [0.717, 1.165) is 25.7 Å². The molecule has 20 heavy (non-hydrogen) atoms. The number of oxazole rings is 1. The van der Waals surface area contributed by atoms with Crippen LogP contribution in [0.5, 0.6) is 0 Å². The van der Waals surface area contributed by atoms with E-state index in [1.54, 1.807) is 13.8 Å². The Morgan fingerprint density at radius 3 is 2.40 bits per heavy atom. The number of aryl methyl sites for hydroxylation is 2. The minimum atomic E-state index is -0.232. The van der Waals surface area contributed by atoms with Gasteiger partial charge in [-0.1, -0.05) is 0 Å². The van der Waals surface area contributed by atoms with Crippen molar-refractivity contribution in [2.75, 3.05) is 7.11 Å². The average Bonchev–Trinajstić information content (AvgIpc) is 2.78. The summed E-state index contributed by atoms with van der Waals surface area (Å²) in [5.74, 6) is 0.336. The van der Waals surface area contributed by atoms with Crippen molar-refractivity contribution in [3.8, 4) is 0 Å². The molecule has 1 aromatic rings. The van der Waals surface area contributed by atoms with Crippen molar-refractivity contribution in [1.82, 2.24) is 10.3 Å². The molecule has 110 valence electrons. The number of aromatic nitrogens is 1. The fourth-order valence-electron chi connectivity index (χ4n) is 2.63. The first-order valence-corrected chi connectivity index (χ1v) is 6.84. The molecule has 1 aliphatic rings. The van der Waals surface area contributed by atoms with Crippen LogP contribution in [-0.4, -0.2) is 30.0 Å². The van der Waals surface area contributed by atoms with E-state index in [-0.39, 0.29) is 29.6 Å². The van der Waals surface area contributed by atoms with E-state index in [4.69, 9.17) is 9.15 Å². The van der Waals surface area contributed by atoms with E-state index in [1.807, 2.05) is 0 Å². The number of amides is 1. The summed E-state index contributed by atoms with van der Waals surface area (Å²) >= 11 is 0. The Morgan fingerprint density at radius 2 is 1.90 bits per heavy atom. The number of ether oxygens (including phenoxy) is 1. The Hall–Kier alpha value is -1.85. The summed E-state index contributed by atoms with van der Waals surface area (Å²) in [4.78, 5) is 27.6. The third kappa shape index (κ3) is 3.18. The molecule has 6 nitrogen and oxygen atoms in total. The fourth-order valence-corrected chi connectivity index (χ4v) is 2.63. The maximum Gasteiger partial charge on any atom is 0.308 e. The molecule has 0 spiro atoms. The number of hydrogen-bond acceptors (Lipinski definition) is 5. The molecule has 0 aromatic carbocycles. The maximum absolute atomic E-state index is 12.1. The second kappa shape index (κ2) is 6.07. The molecule has 1 aromatic heterocycles. The number of nitrogens with one attached hydrogen (secondary N) is 1. The Labute approximate surface area is 117 Å². The molecule has 1 fully saturated rings. The summed E-state index contributed by atoms with van der Waals surface area (Å²) in [5.41, 5.74) is 0.600. The van der Waals surface area contributed by atoms with E-state index in [9.17, 15) is 9.59 Å². The van der Waals surface area contributed by atoms with E-state index >= 15 is 0 Å². The normalized spacial score (nSPS) is 22.4. The zero-order valence-corrected chi connectivity index (χ0v) is 12.1.